The van der Waals surface area contributed by atoms with Gasteiger partial charge in [0.05, 0.1) is 32.0 Å². The molecule has 392 valence electrons. The molecule has 2 aromatic carbocycles. The van der Waals surface area contributed by atoms with Gasteiger partial charge in [-0.1, -0.05) is 30.3 Å². The molecule has 4 saturated heterocycles. The van der Waals surface area contributed by atoms with Crippen molar-refractivity contribution in [1.29, 1.82) is 0 Å². The number of phosphoric acid groups is 3. The highest BCUT2D eigenvalue weighted by Crippen LogP contribution is 2.47. The average molecular weight is 1060 g/mol. The number of rotatable bonds is 22. The van der Waals surface area contributed by atoms with E-state index in [-0.39, 0.29) is 5.56 Å². The molecule has 0 aliphatic carbocycles. The molecular weight excluding hydrogens is 1010 g/mol. The predicted molar refractivity (Wildman–Crippen MR) is 214 cm³/mol. The molecule has 69 heavy (non-hydrogen) atoms. The maximum Gasteiger partial charge on any atom is 0.472 e. The molecule has 19 unspecified atom stereocenters. The van der Waals surface area contributed by atoms with Crippen molar-refractivity contribution in [2.45, 2.75) is 99.2 Å². The number of carbonyl (C=O) groups is 1. The molecule has 12 N–H and O–H groups in total. The number of fused-ring (bicyclic) bond motifs is 1. The zero-order chi connectivity index (χ0) is 50.3. The van der Waals surface area contributed by atoms with Gasteiger partial charge in [-0.3, -0.25) is 27.1 Å². The van der Waals surface area contributed by atoms with E-state index in [0.29, 0.717) is 0 Å². The van der Waals surface area contributed by atoms with E-state index in [1.54, 1.807) is 24.3 Å². The van der Waals surface area contributed by atoms with Gasteiger partial charge in [0.15, 0.2) is 50.3 Å². The molecule has 0 saturated carbocycles. The maximum absolute atomic E-state index is 12.7. The van der Waals surface area contributed by atoms with Gasteiger partial charge in [0.25, 0.3) is 0 Å². The van der Waals surface area contributed by atoms with Crippen LogP contribution in [0.4, 0.5) is 0 Å². The molecule has 4 aliphatic heterocycles. The maximum atomic E-state index is 12.7. The summed E-state index contributed by atoms with van der Waals surface area (Å²) in [7, 11) is -15.3. The number of ether oxygens (including phenoxy) is 9. The third-order valence-corrected chi connectivity index (χ3v) is 12.9. The first kappa shape index (κ1) is 56.1. The van der Waals surface area contributed by atoms with E-state index in [9.17, 15) is 79.1 Å². The largest absolute Gasteiger partial charge is 0.472 e. The SMILES string of the molecule is O=C(OCC1OC(O)C(O)C(COP(=O)(O)OCC2OC(O)C(O)C(COP(=O)(O)OCC3OC(O)C(O)C(COP(=O)(O)OCC4OC(O)C(O)C(CO)O4)O3)O2)O1)c1ccc2ccccc2c1. The standard InChI is InChI=1S/C35H51O31P3/c36-8-19-27(37)32(42)64-24(59-19)13-56-67(46,47)54-10-21-29(39)34(44)66-26(61-21)15-58-69(50,51)55-11-22-30(40)35(45)65-25(62-22)14-57-68(48,49)53-9-20-28(38)33(43)63-23(60-20)12-52-31(41)18-6-5-16-3-1-2-4-17(16)7-18/h1-7,19-30,32-40,42-45H,8-15H2,(H,46,47)(H,48,49)(H,50,51). The van der Waals surface area contributed by atoms with Crippen LogP contribution >= 0.6 is 23.5 Å². The lowest BCUT2D eigenvalue weighted by atomic mass is 10.1. The summed E-state index contributed by atoms with van der Waals surface area (Å²) in [5.41, 5.74) is 0.194. The molecule has 4 aliphatic rings. The van der Waals surface area contributed by atoms with E-state index in [4.69, 9.17) is 69.8 Å². The minimum absolute atomic E-state index is 0.194. The fourth-order valence-corrected chi connectivity index (χ4v) is 8.57. The number of aliphatic hydroxyl groups is 9. The number of esters is 1. The lowest BCUT2D eigenvalue weighted by Gasteiger charge is -2.38. The molecule has 0 bridgehead atoms. The van der Waals surface area contributed by atoms with Gasteiger partial charge in [-0.2, -0.15) is 0 Å². The molecule has 6 rings (SSSR count). The molecule has 31 nitrogen and oxygen atoms in total. The minimum Gasteiger partial charge on any atom is -0.457 e. The molecule has 0 spiro atoms. The fourth-order valence-electron chi connectivity index (χ4n) is 6.41. The topological polar surface area (TPSA) is 449 Å². The molecule has 19 atom stereocenters. The molecule has 0 aromatic heterocycles. The average Bonchev–Trinajstić information content (AvgIpc) is 3.31. The Hall–Kier alpha value is -2.18. The predicted octanol–water partition coefficient (Wildman–Crippen LogP) is -3.93. The lowest BCUT2D eigenvalue weighted by molar-refractivity contribution is -0.344. The normalized spacial score (nSPS) is 37.0. The van der Waals surface area contributed by atoms with Crippen molar-refractivity contribution in [3.8, 4) is 0 Å². The minimum atomic E-state index is -5.18. The number of phosphoric ester groups is 3. The molecule has 2 aromatic rings. The number of benzene rings is 2. The van der Waals surface area contributed by atoms with Crippen molar-refractivity contribution < 1.29 is 149 Å². The fraction of sp³-hybridized carbons (Fsp3) is 0.686. The summed E-state index contributed by atoms with van der Waals surface area (Å²) in [5, 5.41) is 91.8. The van der Waals surface area contributed by atoms with Crippen LogP contribution in [0.2, 0.25) is 0 Å². The van der Waals surface area contributed by atoms with Gasteiger partial charge in [-0.25, -0.2) is 18.5 Å². The van der Waals surface area contributed by atoms with Gasteiger partial charge in [-0.15, -0.1) is 0 Å². The van der Waals surface area contributed by atoms with Crippen molar-refractivity contribution in [2.75, 3.05) is 52.9 Å². The van der Waals surface area contributed by atoms with Crippen molar-refractivity contribution >= 4 is 40.2 Å². The monoisotopic (exact) mass is 1060 g/mol. The van der Waals surface area contributed by atoms with E-state index in [1.807, 2.05) is 12.1 Å². The van der Waals surface area contributed by atoms with E-state index in [0.717, 1.165) is 10.8 Å². The van der Waals surface area contributed by atoms with Gasteiger partial charge in [0.2, 0.25) is 0 Å². The first-order valence-electron chi connectivity index (χ1n) is 20.3. The van der Waals surface area contributed by atoms with E-state index in [1.165, 1.54) is 6.07 Å². The van der Waals surface area contributed by atoms with Crippen LogP contribution in [0.1, 0.15) is 10.4 Å². The van der Waals surface area contributed by atoms with Gasteiger partial charge in [-0.05, 0) is 22.9 Å². The summed E-state index contributed by atoms with van der Waals surface area (Å²) in [6, 6.07) is 12.1. The van der Waals surface area contributed by atoms with E-state index in [2.05, 4.69) is 0 Å². The molecule has 0 amide bonds. The van der Waals surface area contributed by atoms with Crippen LogP contribution in [0.3, 0.4) is 0 Å². The molecular formula is C35H51O31P3. The van der Waals surface area contributed by atoms with Crippen LogP contribution in [0.15, 0.2) is 42.5 Å². The lowest BCUT2D eigenvalue weighted by Crippen LogP contribution is -2.53. The van der Waals surface area contributed by atoms with Crippen LogP contribution in [0.25, 0.3) is 10.8 Å². The Morgan fingerprint density at radius 1 is 0.449 bits per heavy atom. The smallest absolute Gasteiger partial charge is 0.457 e. The molecule has 4 heterocycles. The Kier molecular flexibility index (Phi) is 20.1. The van der Waals surface area contributed by atoms with Gasteiger partial charge < -0.3 is 103 Å². The molecule has 0 radical (unpaired) electrons. The number of hydrogen-bond acceptors (Lipinski definition) is 28. The Bertz CT molecular complexity index is 2120. The highest BCUT2D eigenvalue weighted by atomic mass is 31.2. The van der Waals surface area contributed by atoms with Crippen LogP contribution in [0.5, 0.6) is 0 Å². The second-order valence-electron chi connectivity index (χ2n) is 15.0. The summed E-state index contributed by atoms with van der Waals surface area (Å²) in [6.45, 7) is -7.17. The third-order valence-electron chi connectivity index (χ3n) is 10.0. The number of carbonyl (C=O) groups excluding carboxylic acids is 1. The van der Waals surface area contributed by atoms with Crippen molar-refractivity contribution in [2.24, 2.45) is 0 Å². The Labute approximate surface area is 388 Å². The first-order valence-corrected chi connectivity index (χ1v) is 24.8. The highest BCUT2D eigenvalue weighted by molar-refractivity contribution is 7.47. The third kappa shape index (κ3) is 16.2. The Morgan fingerprint density at radius 3 is 1.17 bits per heavy atom. The quantitative estimate of drug-likeness (QED) is 0.0396. The molecule has 34 heteroatoms. The number of hydrogen-bond donors (Lipinski definition) is 12. The first-order chi connectivity index (χ1) is 32.5. The number of aliphatic hydroxyl groups excluding tert-OH is 9. The van der Waals surface area contributed by atoms with Crippen LogP contribution in [-0.4, -0.2) is 219 Å². The zero-order valence-corrected chi connectivity index (χ0v) is 38.1. The Morgan fingerprint density at radius 2 is 0.783 bits per heavy atom. The molecule has 4 fully saturated rings. The second-order valence-corrected chi connectivity index (χ2v) is 19.4. The second kappa shape index (κ2) is 24.7. The zero-order valence-electron chi connectivity index (χ0n) is 35.4. The van der Waals surface area contributed by atoms with Crippen LogP contribution in [0, 0.1) is 0 Å². The summed E-state index contributed by atoms with van der Waals surface area (Å²) in [4.78, 5) is 43.3. The van der Waals surface area contributed by atoms with E-state index >= 15 is 0 Å². The van der Waals surface area contributed by atoms with Crippen LogP contribution < -0.4 is 0 Å². The van der Waals surface area contributed by atoms with Gasteiger partial charge in [0.1, 0.15) is 75.3 Å². The Balaban J connectivity index is 0.908. The highest BCUT2D eigenvalue weighted by Gasteiger charge is 2.45. The van der Waals surface area contributed by atoms with Crippen molar-refractivity contribution in [1.82, 2.24) is 0 Å². The summed E-state index contributed by atoms with van der Waals surface area (Å²) in [5.74, 6) is -0.769. The summed E-state index contributed by atoms with van der Waals surface area (Å²) in [6.07, 6.45) is -28.1. The van der Waals surface area contributed by atoms with Crippen molar-refractivity contribution in [3.05, 3.63) is 48.0 Å². The van der Waals surface area contributed by atoms with Crippen molar-refractivity contribution in [3.63, 3.8) is 0 Å². The van der Waals surface area contributed by atoms with Gasteiger partial charge >= 0.3 is 29.4 Å². The van der Waals surface area contributed by atoms with Gasteiger partial charge in [0, 0.05) is 0 Å². The van der Waals surface area contributed by atoms with E-state index < -0.39 is 181 Å². The van der Waals surface area contributed by atoms with Crippen LogP contribution in [-0.2, 0) is 83.5 Å². The summed E-state index contributed by atoms with van der Waals surface area (Å²) < 4.78 is 113. The summed E-state index contributed by atoms with van der Waals surface area (Å²) >= 11 is 0.